The molecule has 0 aliphatic carbocycles. The smallest absolute Gasteiger partial charge is 0.550 e. The average Bonchev–Trinajstić information content (AvgIpc) is 2.46. The predicted octanol–water partition coefficient (Wildman–Crippen LogP) is -1.56. The standard InChI is InChI=1S/C15H26O7S.Na/c1-4-7-8-12(6-3)10-15(11-13(16)17,23(19,20)21)14(18)22-9-5-2;/h5,9,12H,4,6-8,10-11H2,1-3H3,(H,16,17)(H,19,20,21);/q;+1/p-1. The zero-order chi connectivity index (χ0) is 18.1. The van der Waals surface area contributed by atoms with Crippen LogP contribution < -0.4 is 34.7 Å². The number of carbonyl (C=O) groups excluding carboxylic acids is 2. The van der Waals surface area contributed by atoms with Gasteiger partial charge in [0.15, 0.2) is 4.75 Å². The van der Waals surface area contributed by atoms with Crippen molar-refractivity contribution in [2.75, 3.05) is 0 Å². The van der Waals surface area contributed by atoms with E-state index in [2.05, 4.69) is 4.74 Å². The SMILES string of the molecule is CC=COC(=O)C(CC(=O)[O-])(CC(CC)CCCC)S(=O)(=O)O.[Na+]. The molecule has 2 atom stereocenters. The number of aliphatic carboxylic acids is 1. The largest absolute Gasteiger partial charge is 1.00 e. The number of hydrogen-bond donors (Lipinski definition) is 1. The van der Waals surface area contributed by atoms with Gasteiger partial charge < -0.3 is 14.6 Å². The molecule has 0 fully saturated rings. The number of rotatable bonds is 11. The molecule has 0 heterocycles. The number of unbranched alkanes of at least 4 members (excludes halogenated alkanes) is 1. The van der Waals surface area contributed by atoms with Gasteiger partial charge in [-0.15, -0.1) is 0 Å². The number of carboxylic acids is 1. The fraction of sp³-hybridized carbons (Fsp3) is 0.733. The number of hydrogen-bond acceptors (Lipinski definition) is 6. The zero-order valence-electron chi connectivity index (χ0n) is 14.8. The molecule has 0 aliphatic rings. The van der Waals surface area contributed by atoms with Crippen LogP contribution in [0.3, 0.4) is 0 Å². The van der Waals surface area contributed by atoms with Gasteiger partial charge in [0.25, 0.3) is 10.1 Å². The van der Waals surface area contributed by atoms with E-state index in [-0.39, 0.29) is 41.9 Å². The maximum Gasteiger partial charge on any atom is 1.00 e. The molecule has 0 saturated carbocycles. The van der Waals surface area contributed by atoms with E-state index in [0.717, 1.165) is 19.1 Å². The maximum atomic E-state index is 12.2. The van der Waals surface area contributed by atoms with Gasteiger partial charge in [0.1, 0.15) is 0 Å². The molecular weight excluding hydrogens is 347 g/mol. The molecular formula is C15H25NaO7S. The molecule has 0 aromatic carbocycles. The molecule has 1 N–H and O–H groups in total. The van der Waals surface area contributed by atoms with Crippen molar-refractivity contribution in [1.29, 1.82) is 0 Å². The van der Waals surface area contributed by atoms with Crippen molar-refractivity contribution in [1.82, 2.24) is 0 Å². The molecule has 0 aliphatic heterocycles. The van der Waals surface area contributed by atoms with Gasteiger partial charge in [0.05, 0.1) is 6.26 Å². The summed E-state index contributed by atoms with van der Waals surface area (Å²) >= 11 is 0. The van der Waals surface area contributed by atoms with E-state index < -0.39 is 33.2 Å². The van der Waals surface area contributed by atoms with Gasteiger partial charge in [-0.25, -0.2) is 4.79 Å². The first-order chi connectivity index (χ1) is 10.6. The van der Waals surface area contributed by atoms with Crippen LogP contribution in [0.2, 0.25) is 0 Å². The number of allylic oxidation sites excluding steroid dienone is 1. The van der Waals surface area contributed by atoms with Crippen LogP contribution in [-0.2, 0) is 24.4 Å². The number of carbonyl (C=O) groups is 2. The van der Waals surface area contributed by atoms with E-state index in [0.29, 0.717) is 12.8 Å². The van der Waals surface area contributed by atoms with E-state index in [4.69, 9.17) is 0 Å². The van der Waals surface area contributed by atoms with Crippen molar-refractivity contribution in [3.05, 3.63) is 12.3 Å². The van der Waals surface area contributed by atoms with Crippen LogP contribution in [0.1, 0.15) is 59.3 Å². The Morgan fingerprint density at radius 1 is 1.33 bits per heavy atom. The third-order valence-corrected chi connectivity index (χ3v) is 5.23. The summed E-state index contributed by atoms with van der Waals surface area (Å²) in [5.41, 5.74) is 0. The van der Waals surface area contributed by atoms with E-state index in [1.54, 1.807) is 0 Å². The van der Waals surface area contributed by atoms with Crippen molar-refractivity contribution in [3.63, 3.8) is 0 Å². The molecule has 0 aromatic rings. The van der Waals surface area contributed by atoms with Gasteiger partial charge in [-0.3, -0.25) is 4.55 Å². The second-order valence-corrected chi connectivity index (χ2v) is 7.25. The number of esters is 1. The van der Waals surface area contributed by atoms with Gasteiger partial charge in [0, 0.05) is 12.4 Å². The van der Waals surface area contributed by atoms with Crippen molar-refractivity contribution in [2.45, 2.75) is 64.0 Å². The van der Waals surface area contributed by atoms with Crippen LogP contribution in [0.25, 0.3) is 0 Å². The molecule has 0 rings (SSSR count). The summed E-state index contributed by atoms with van der Waals surface area (Å²) in [7, 11) is -5.01. The Kier molecular flexibility index (Phi) is 12.9. The molecule has 24 heavy (non-hydrogen) atoms. The minimum Gasteiger partial charge on any atom is -0.550 e. The normalized spacial score (nSPS) is 15.3. The van der Waals surface area contributed by atoms with Crippen LogP contribution in [0.15, 0.2) is 12.3 Å². The van der Waals surface area contributed by atoms with Gasteiger partial charge >= 0.3 is 35.5 Å². The molecule has 0 radical (unpaired) electrons. The summed E-state index contributed by atoms with van der Waals surface area (Å²) in [6.45, 7) is 5.31. The summed E-state index contributed by atoms with van der Waals surface area (Å²) in [5, 5.41) is 11.0. The van der Waals surface area contributed by atoms with Gasteiger partial charge in [-0.2, -0.15) is 8.42 Å². The minimum absolute atomic E-state index is 0. The molecule has 2 unspecified atom stereocenters. The maximum absolute atomic E-state index is 12.2. The Labute approximate surface area is 165 Å². The Hall–Kier alpha value is -0.410. The minimum atomic E-state index is -5.01. The van der Waals surface area contributed by atoms with Crippen LogP contribution in [-0.4, -0.2) is 29.7 Å². The molecule has 134 valence electrons. The Morgan fingerprint density at radius 2 is 1.92 bits per heavy atom. The van der Waals surface area contributed by atoms with E-state index >= 15 is 0 Å². The third kappa shape index (κ3) is 7.65. The Balaban J connectivity index is 0. The Morgan fingerprint density at radius 3 is 2.29 bits per heavy atom. The molecule has 0 amide bonds. The van der Waals surface area contributed by atoms with Gasteiger partial charge in [0.2, 0.25) is 0 Å². The first-order valence-electron chi connectivity index (χ1n) is 7.63. The fourth-order valence-electron chi connectivity index (χ4n) is 2.41. The van der Waals surface area contributed by atoms with Crippen molar-refractivity contribution >= 4 is 22.1 Å². The van der Waals surface area contributed by atoms with Gasteiger partial charge in [-0.1, -0.05) is 45.6 Å². The number of ether oxygens (including phenoxy) is 1. The average molecular weight is 372 g/mol. The molecule has 0 bridgehead atoms. The van der Waals surface area contributed by atoms with Crippen LogP contribution in [0.4, 0.5) is 0 Å². The summed E-state index contributed by atoms with van der Waals surface area (Å²) in [4.78, 5) is 23.2. The second kappa shape index (κ2) is 12.0. The zero-order valence-corrected chi connectivity index (χ0v) is 17.6. The molecule has 7 nitrogen and oxygen atoms in total. The molecule has 0 spiro atoms. The predicted molar refractivity (Wildman–Crippen MR) is 82.7 cm³/mol. The Bertz CT molecular complexity index is 530. The number of carboxylic acid groups (broad SMARTS) is 1. The second-order valence-electron chi connectivity index (χ2n) is 5.51. The summed E-state index contributed by atoms with van der Waals surface area (Å²) < 4.78 is 35.4. The van der Waals surface area contributed by atoms with E-state index in [1.165, 1.54) is 13.0 Å². The molecule has 9 heteroatoms. The van der Waals surface area contributed by atoms with E-state index in [1.807, 2.05) is 13.8 Å². The van der Waals surface area contributed by atoms with Crippen LogP contribution >= 0.6 is 0 Å². The first kappa shape index (κ1) is 25.8. The van der Waals surface area contributed by atoms with E-state index in [9.17, 15) is 27.7 Å². The molecule has 0 saturated heterocycles. The monoisotopic (exact) mass is 372 g/mol. The fourth-order valence-corrected chi connectivity index (χ4v) is 3.41. The van der Waals surface area contributed by atoms with Crippen LogP contribution in [0.5, 0.6) is 0 Å². The summed E-state index contributed by atoms with van der Waals surface area (Å²) in [6, 6.07) is 0. The van der Waals surface area contributed by atoms with Crippen molar-refractivity contribution < 1.29 is 62.0 Å². The molecule has 0 aromatic heterocycles. The summed E-state index contributed by atoms with van der Waals surface area (Å²) in [5.74, 6) is -3.29. The van der Waals surface area contributed by atoms with Crippen LogP contribution in [0, 0.1) is 5.92 Å². The first-order valence-corrected chi connectivity index (χ1v) is 9.07. The third-order valence-electron chi connectivity index (χ3n) is 3.77. The van der Waals surface area contributed by atoms with Crippen molar-refractivity contribution in [3.8, 4) is 0 Å². The summed E-state index contributed by atoms with van der Waals surface area (Å²) in [6.07, 6.45) is 3.66. The topological polar surface area (TPSA) is 121 Å². The van der Waals surface area contributed by atoms with Crippen molar-refractivity contribution in [2.24, 2.45) is 5.92 Å². The quantitative estimate of drug-likeness (QED) is 0.201. The van der Waals surface area contributed by atoms with Gasteiger partial charge in [-0.05, 0) is 19.3 Å².